The van der Waals surface area contributed by atoms with Gasteiger partial charge in [-0.1, -0.05) is 12.1 Å². The molecule has 1 aromatic carbocycles. The predicted molar refractivity (Wildman–Crippen MR) is 93.5 cm³/mol. The first kappa shape index (κ1) is 17.4. The monoisotopic (exact) mass is 346 g/mol. The number of benzene rings is 1. The van der Waals surface area contributed by atoms with Crippen LogP contribution in [0.4, 0.5) is 0 Å². The molecular weight excluding hydrogens is 324 g/mol. The van der Waals surface area contributed by atoms with Crippen molar-refractivity contribution in [1.29, 1.82) is 0 Å². The highest BCUT2D eigenvalue weighted by Gasteiger charge is 2.23. The summed E-state index contributed by atoms with van der Waals surface area (Å²) in [6.45, 7) is 4.41. The molecule has 134 valence electrons. The van der Waals surface area contributed by atoms with Crippen LogP contribution in [0.25, 0.3) is 10.9 Å². The topological polar surface area (TPSA) is 98.6 Å². The van der Waals surface area contributed by atoms with Gasteiger partial charge in [-0.2, -0.15) is 0 Å². The second-order valence-electron chi connectivity index (χ2n) is 6.40. The zero-order valence-corrected chi connectivity index (χ0v) is 14.1. The molecule has 1 aliphatic heterocycles. The van der Waals surface area contributed by atoms with E-state index in [2.05, 4.69) is 9.88 Å². The lowest BCUT2D eigenvalue weighted by Gasteiger charge is -2.35. The van der Waals surface area contributed by atoms with E-state index in [1.165, 1.54) is 0 Å². The van der Waals surface area contributed by atoms with E-state index in [9.17, 15) is 19.5 Å². The van der Waals surface area contributed by atoms with Gasteiger partial charge in [-0.3, -0.25) is 19.1 Å². The Labute approximate surface area is 144 Å². The van der Waals surface area contributed by atoms with Crippen LogP contribution in [0.5, 0.6) is 0 Å². The van der Waals surface area contributed by atoms with E-state index in [-0.39, 0.29) is 12.5 Å². The number of nitrogens with one attached hydrogen (secondary N) is 1. The number of carbonyl (C=O) groups excluding carboxylic acids is 1. The molecule has 1 amide bonds. The third-order valence-electron chi connectivity index (χ3n) is 4.43. The van der Waals surface area contributed by atoms with Crippen LogP contribution >= 0.6 is 0 Å². The van der Waals surface area contributed by atoms with Crippen molar-refractivity contribution >= 4 is 16.8 Å². The number of piperazine rings is 1. The van der Waals surface area contributed by atoms with Gasteiger partial charge >= 0.3 is 5.69 Å². The molecule has 1 fully saturated rings. The SMILES string of the molecule is CC(O)CN1CCN(C(=O)Cn2c(=O)[nH]c3ccccc3c2=O)CC1. The van der Waals surface area contributed by atoms with E-state index in [4.69, 9.17) is 0 Å². The molecule has 0 spiro atoms. The first-order valence-corrected chi connectivity index (χ1v) is 8.36. The molecule has 1 aliphatic rings. The number of hydrogen-bond acceptors (Lipinski definition) is 5. The van der Waals surface area contributed by atoms with Crippen LogP contribution in [0, 0.1) is 0 Å². The maximum atomic E-state index is 12.5. The molecule has 0 saturated carbocycles. The summed E-state index contributed by atoms with van der Waals surface area (Å²) in [5, 5.41) is 9.81. The zero-order valence-electron chi connectivity index (χ0n) is 14.1. The first-order valence-electron chi connectivity index (χ1n) is 8.36. The number of fused-ring (bicyclic) bond motifs is 1. The third-order valence-corrected chi connectivity index (χ3v) is 4.43. The van der Waals surface area contributed by atoms with E-state index in [1.54, 1.807) is 36.1 Å². The minimum absolute atomic E-state index is 0.250. The Bertz CT molecular complexity index is 878. The molecule has 2 heterocycles. The van der Waals surface area contributed by atoms with Gasteiger partial charge < -0.3 is 15.0 Å². The number of nitrogens with zero attached hydrogens (tertiary/aromatic N) is 3. The summed E-state index contributed by atoms with van der Waals surface area (Å²) in [5.74, 6) is -0.250. The molecule has 2 N–H and O–H groups in total. The van der Waals surface area contributed by atoms with E-state index >= 15 is 0 Å². The van der Waals surface area contributed by atoms with Crippen LogP contribution in [-0.2, 0) is 11.3 Å². The fraction of sp³-hybridized carbons (Fsp3) is 0.471. The maximum Gasteiger partial charge on any atom is 0.329 e. The lowest BCUT2D eigenvalue weighted by molar-refractivity contribution is -0.133. The molecule has 0 bridgehead atoms. The lowest BCUT2D eigenvalue weighted by atomic mass is 10.2. The number of aliphatic hydroxyl groups excluding tert-OH is 1. The van der Waals surface area contributed by atoms with Gasteiger partial charge in [0.25, 0.3) is 5.56 Å². The van der Waals surface area contributed by atoms with Crippen LogP contribution in [0.1, 0.15) is 6.92 Å². The summed E-state index contributed by atoms with van der Waals surface area (Å²) in [7, 11) is 0. The number of amides is 1. The molecule has 8 heteroatoms. The largest absolute Gasteiger partial charge is 0.392 e. The minimum Gasteiger partial charge on any atom is -0.392 e. The number of rotatable bonds is 4. The van der Waals surface area contributed by atoms with Crippen LogP contribution in [0.15, 0.2) is 33.9 Å². The van der Waals surface area contributed by atoms with Gasteiger partial charge in [0, 0.05) is 32.7 Å². The highest BCUT2D eigenvalue weighted by Crippen LogP contribution is 2.05. The van der Waals surface area contributed by atoms with E-state index < -0.39 is 17.4 Å². The summed E-state index contributed by atoms with van der Waals surface area (Å²) < 4.78 is 0.951. The van der Waals surface area contributed by atoms with E-state index in [0.29, 0.717) is 43.6 Å². The minimum atomic E-state index is -0.579. The van der Waals surface area contributed by atoms with Crippen LogP contribution in [0.3, 0.4) is 0 Å². The van der Waals surface area contributed by atoms with Gasteiger partial charge in [0.15, 0.2) is 0 Å². The summed E-state index contributed by atoms with van der Waals surface area (Å²) >= 11 is 0. The van der Waals surface area contributed by atoms with Gasteiger partial charge in [-0.05, 0) is 19.1 Å². The second kappa shape index (κ2) is 7.20. The number of para-hydroxylation sites is 1. The molecule has 0 aliphatic carbocycles. The van der Waals surface area contributed by atoms with Crippen molar-refractivity contribution in [3.63, 3.8) is 0 Å². The number of aliphatic hydroxyl groups is 1. The first-order chi connectivity index (χ1) is 12.0. The van der Waals surface area contributed by atoms with Crippen molar-refractivity contribution in [2.45, 2.75) is 19.6 Å². The van der Waals surface area contributed by atoms with Crippen molar-refractivity contribution < 1.29 is 9.90 Å². The summed E-state index contributed by atoms with van der Waals surface area (Å²) in [4.78, 5) is 43.5. The van der Waals surface area contributed by atoms with Crippen molar-refractivity contribution in [2.75, 3.05) is 32.7 Å². The predicted octanol–water partition coefficient (Wildman–Crippen LogP) is -0.785. The summed E-state index contributed by atoms with van der Waals surface area (Å²) in [6, 6.07) is 6.74. The summed E-state index contributed by atoms with van der Waals surface area (Å²) in [5.41, 5.74) is -0.571. The van der Waals surface area contributed by atoms with E-state index in [1.807, 2.05) is 0 Å². The van der Waals surface area contributed by atoms with Crippen molar-refractivity contribution in [3.05, 3.63) is 45.1 Å². The number of aromatic amines is 1. The van der Waals surface area contributed by atoms with Gasteiger partial charge in [0.05, 0.1) is 17.0 Å². The van der Waals surface area contributed by atoms with E-state index in [0.717, 1.165) is 4.57 Å². The van der Waals surface area contributed by atoms with Crippen molar-refractivity contribution in [2.24, 2.45) is 0 Å². The number of aromatic nitrogens is 2. The van der Waals surface area contributed by atoms with Gasteiger partial charge in [-0.25, -0.2) is 4.79 Å². The highest BCUT2D eigenvalue weighted by atomic mass is 16.3. The van der Waals surface area contributed by atoms with Gasteiger partial charge in [-0.15, -0.1) is 0 Å². The molecule has 1 unspecified atom stereocenters. The maximum absolute atomic E-state index is 12.5. The fourth-order valence-electron chi connectivity index (χ4n) is 3.13. The standard InChI is InChI=1S/C17H22N4O4/c1-12(22)10-19-6-8-20(9-7-19)15(23)11-21-16(24)13-4-2-3-5-14(13)18-17(21)25/h2-5,12,22H,6-11H2,1H3,(H,18,25). The zero-order chi connectivity index (χ0) is 18.0. The van der Waals surface area contributed by atoms with Crippen molar-refractivity contribution in [3.8, 4) is 0 Å². The Morgan fingerprint density at radius 1 is 1.20 bits per heavy atom. The Morgan fingerprint density at radius 2 is 1.88 bits per heavy atom. The molecule has 25 heavy (non-hydrogen) atoms. The smallest absolute Gasteiger partial charge is 0.329 e. The number of hydrogen-bond donors (Lipinski definition) is 2. The third kappa shape index (κ3) is 3.80. The number of H-pyrrole nitrogens is 1. The lowest BCUT2D eigenvalue weighted by Crippen LogP contribution is -2.52. The molecule has 1 saturated heterocycles. The number of carbonyl (C=O) groups is 1. The average Bonchev–Trinajstić information content (AvgIpc) is 2.58. The molecular formula is C17H22N4O4. The molecule has 1 aromatic heterocycles. The van der Waals surface area contributed by atoms with Crippen LogP contribution in [0.2, 0.25) is 0 Å². The quantitative estimate of drug-likeness (QED) is 0.756. The average molecular weight is 346 g/mol. The van der Waals surface area contributed by atoms with Crippen LogP contribution in [-0.4, -0.2) is 69.2 Å². The Kier molecular flexibility index (Phi) is 5.00. The van der Waals surface area contributed by atoms with Gasteiger partial charge in [0.1, 0.15) is 6.54 Å². The highest BCUT2D eigenvalue weighted by molar-refractivity contribution is 5.79. The Hall–Kier alpha value is -2.45. The Balaban J connectivity index is 1.73. The van der Waals surface area contributed by atoms with Gasteiger partial charge in [0.2, 0.25) is 5.91 Å². The normalized spacial score (nSPS) is 17.0. The summed E-state index contributed by atoms with van der Waals surface area (Å²) in [6.07, 6.45) is -0.406. The molecule has 3 rings (SSSR count). The number of β-amino-alcohol motifs (C(OH)–C–C–N with tert-alkyl or cyclic N) is 1. The Morgan fingerprint density at radius 3 is 2.56 bits per heavy atom. The fourth-order valence-corrected chi connectivity index (χ4v) is 3.13. The molecule has 1 atom stereocenters. The molecule has 8 nitrogen and oxygen atoms in total. The van der Waals surface area contributed by atoms with Crippen LogP contribution < -0.4 is 11.2 Å². The second-order valence-corrected chi connectivity index (χ2v) is 6.40. The molecule has 2 aromatic rings. The molecule has 0 radical (unpaired) electrons. The van der Waals surface area contributed by atoms with Crippen molar-refractivity contribution in [1.82, 2.24) is 19.4 Å².